The molecule has 0 radical (unpaired) electrons. The normalized spacial score (nSPS) is 10.8. The zero-order valence-electron chi connectivity index (χ0n) is 15.1. The van der Waals surface area contributed by atoms with Crippen molar-refractivity contribution < 1.29 is 9.53 Å². The molecule has 1 amide bonds. The Hall–Kier alpha value is -1.81. The van der Waals surface area contributed by atoms with Gasteiger partial charge in [-0.3, -0.25) is 4.79 Å². The fraction of sp³-hybridized carbons (Fsp3) is 0.381. The van der Waals surface area contributed by atoms with Crippen LogP contribution < -0.4 is 10.1 Å². The molecule has 134 valence electrons. The summed E-state index contributed by atoms with van der Waals surface area (Å²) in [6, 6.07) is 14.1. The Labute approximate surface area is 158 Å². The van der Waals surface area contributed by atoms with Gasteiger partial charge in [0.05, 0.1) is 11.1 Å². The third kappa shape index (κ3) is 5.89. The summed E-state index contributed by atoms with van der Waals surface area (Å²) >= 11 is 3.53. The van der Waals surface area contributed by atoms with Gasteiger partial charge in [-0.05, 0) is 64.0 Å². The van der Waals surface area contributed by atoms with Crippen LogP contribution in [0.2, 0.25) is 0 Å². The maximum absolute atomic E-state index is 12.2. The number of aryl methyl sites for hydroxylation is 1. The molecule has 4 heteroatoms. The van der Waals surface area contributed by atoms with Gasteiger partial charge in [-0.25, -0.2) is 0 Å². The highest BCUT2D eigenvalue weighted by atomic mass is 79.9. The molecular formula is C21H26BrNO2. The van der Waals surface area contributed by atoms with Gasteiger partial charge in [0.15, 0.2) is 0 Å². The van der Waals surface area contributed by atoms with E-state index in [1.165, 1.54) is 5.56 Å². The lowest BCUT2D eigenvalue weighted by Crippen LogP contribution is -2.14. The van der Waals surface area contributed by atoms with Crippen LogP contribution in [0.25, 0.3) is 0 Å². The molecular weight excluding hydrogens is 378 g/mol. The summed E-state index contributed by atoms with van der Waals surface area (Å²) in [5.41, 5.74) is 3.33. The quantitative estimate of drug-likeness (QED) is 0.554. The minimum absolute atomic E-state index is 0.0251. The van der Waals surface area contributed by atoms with Crippen LogP contribution in [-0.4, -0.2) is 12.5 Å². The SMILES string of the molecule is CCc1ccc(OCCCC(=O)Nc2ccccc2C(C)C)c(Br)c1. The van der Waals surface area contributed by atoms with Gasteiger partial charge >= 0.3 is 0 Å². The summed E-state index contributed by atoms with van der Waals surface area (Å²) in [4.78, 5) is 12.2. The molecule has 1 N–H and O–H groups in total. The van der Waals surface area contributed by atoms with E-state index in [0.717, 1.165) is 27.9 Å². The largest absolute Gasteiger partial charge is 0.492 e. The van der Waals surface area contributed by atoms with Gasteiger partial charge in [-0.1, -0.05) is 45.0 Å². The number of hydrogen-bond donors (Lipinski definition) is 1. The Morgan fingerprint density at radius 2 is 1.96 bits per heavy atom. The first kappa shape index (κ1) is 19.5. The average Bonchev–Trinajstić information content (AvgIpc) is 2.60. The first-order valence-corrected chi connectivity index (χ1v) is 9.60. The summed E-state index contributed by atoms with van der Waals surface area (Å²) < 4.78 is 6.73. The number of nitrogens with one attached hydrogen (secondary N) is 1. The van der Waals surface area contributed by atoms with Crippen LogP contribution in [0.5, 0.6) is 5.75 Å². The number of carbonyl (C=O) groups excluding carboxylic acids is 1. The number of ether oxygens (including phenoxy) is 1. The summed E-state index contributed by atoms with van der Waals surface area (Å²) in [7, 11) is 0. The molecule has 0 aliphatic rings. The van der Waals surface area contributed by atoms with Crippen LogP contribution >= 0.6 is 15.9 Å². The topological polar surface area (TPSA) is 38.3 Å². The number of carbonyl (C=O) groups is 1. The molecule has 0 aromatic heterocycles. The summed E-state index contributed by atoms with van der Waals surface area (Å²) in [6.07, 6.45) is 2.12. The van der Waals surface area contributed by atoms with E-state index in [0.29, 0.717) is 25.4 Å². The van der Waals surface area contributed by atoms with Gasteiger partial charge in [0, 0.05) is 12.1 Å². The Morgan fingerprint density at radius 3 is 2.64 bits per heavy atom. The first-order valence-electron chi connectivity index (χ1n) is 8.81. The Kier molecular flexibility index (Phi) is 7.51. The molecule has 3 nitrogen and oxygen atoms in total. The van der Waals surface area contributed by atoms with Gasteiger partial charge in [-0.2, -0.15) is 0 Å². The summed E-state index contributed by atoms with van der Waals surface area (Å²) in [5.74, 6) is 1.23. The smallest absolute Gasteiger partial charge is 0.224 e. The maximum atomic E-state index is 12.2. The number of benzene rings is 2. The predicted octanol–water partition coefficient (Wildman–Crippen LogP) is 5.93. The van der Waals surface area contributed by atoms with Crippen molar-refractivity contribution in [1.82, 2.24) is 0 Å². The molecule has 0 unspecified atom stereocenters. The molecule has 25 heavy (non-hydrogen) atoms. The fourth-order valence-corrected chi connectivity index (χ4v) is 3.16. The van der Waals surface area contributed by atoms with E-state index in [1.54, 1.807) is 0 Å². The molecule has 0 saturated carbocycles. The molecule has 2 aromatic carbocycles. The third-order valence-corrected chi connectivity index (χ3v) is 4.69. The molecule has 0 bridgehead atoms. The number of amides is 1. The van der Waals surface area contributed by atoms with Crippen LogP contribution in [-0.2, 0) is 11.2 Å². The zero-order valence-corrected chi connectivity index (χ0v) is 16.7. The van der Waals surface area contributed by atoms with Gasteiger partial charge in [0.2, 0.25) is 5.91 Å². The van der Waals surface area contributed by atoms with Crippen molar-refractivity contribution in [3.05, 3.63) is 58.1 Å². The van der Waals surface area contributed by atoms with Crippen molar-refractivity contribution >= 4 is 27.5 Å². The van der Waals surface area contributed by atoms with Crippen LogP contribution in [0.3, 0.4) is 0 Å². The van der Waals surface area contributed by atoms with Crippen molar-refractivity contribution in [2.75, 3.05) is 11.9 Å². The van der Waals surface area contributed by atoms with Crippen molar-refractivity contribution in [2.45, 2.75) is 46.0 Å². The summed E-state index contributed by atoms with van der Waals surface area (Å²) in [5, 5.41) is 3.01. The molecule has 0 aliphatic heterocycles. The second-order valence-electron chi connectivity index (χ2n) is 6.36. The summed E-state index contributed by atoms with van der Waals surface area (Å²) in [6.45, 7) is 6.89. The van der Waals surface area contributed by atoms with Gasteiger partial charge in [-0.15, -0.1) is 0 Å². The van der Waals surface area contributed by atoms with Gasteiger partial charge in [0.1, 0.15) is 5.75 Å². The molecule has 0 aliphatic carbocycles. The van der Waals surface area contributed by atoms with Crippen LogP contribution in [0.1, 0.15) is 50.7 Å². The highest BCUT2D eigenvalue weighted by molar-refractivity contribution is 9.10. The second-order valence-corrected chi connectivity index (χ2v) is 7.21. The van der Waals surface area contributed by atoms with Gasteiger partial charge < -0.3 is 10.1 Å². The highest BCUT2D eigenvalue weighted by Gasteiger charge is 2.09. The maximum Gasteiger partial charge on any atom is 0.224 e. The van der Waals surface area contributed by atoms with Gasteiger partial charge in [0.25, 0.3) is 0 Å². The van der Waals surface area contributed by atoms with Crippen molar-refractivity contribution in [1.29, 1.82) is 0 Å². The van der Waals surface area contributed by atoms with E-state index in [4.69, 9.17) is 4.74 Å². The number of anilines is 1. The Bertz CT molecular complexity index is 713. The Morgan fingerprint density at radius 1 is 1.20 bits per heavy atom. The highest BCUT2D eigenvalue weighted by Crippen LogP contribution is 2.26. The molecule has 2 aromatic rings. The lowest BCUT2D eigenvalue weighted by molar-refractivity contribution is -0.116. The third-order valence-electron chi connectivity index (χ3n) is 4.07. The van der Waals surface area contributed by atoms with E-state index in [2.05, 4.69) is 60.2 Å². The average molecular weight is 404 g/mol. The fourth-order valence-electron chi connectivity index (χ4n) is 2.62. The predicted molar refractivity (Wildman–Crippen MR) is 107 cm³/mol. The zero-order chi connectivity index (χ0) is 18.2. The van der Waals surface area contributed by atoms with Crippen molar-refractivity contribution in [3.63, 3.8) is 0 Å². The van der Waals surface area contributed by atoms with E-state index in [9.17, 15) is 4.79 Å². The van der Waals surface area contributed by atoms with Crippen LogP contribution in [0.15, 0.2) is 46.9 Å². The van der Waals surface area contributed by atoms with Crippen LogP contribution in [0, 0.1) is 0 Å². The number of para-hydroxylation sites is 1. The first-order chi connectivity index (χ1) is 12.0. The minimum Gasteiger partial charge on any atom is -0.492 e. The van der Waals surface area contributed by atoms with E-state index < -0.39 is 0 Å². The lowest BCUT2D eigenvalue weighted by atomic mass is 10.0. The molecule has 0 atom stereocenters. The van der Waals surface area contributed by atoms with E-state index in [1.807, 2.05) is 24.3 Å². The number of halogens is 1. The monoisotopic (exact) mass is 403 g/mol. The number of rotatable bonds is 8. The van der Waals surface area contributed by atoms with Crippen molar-refractivity contribution in [2.24, 2.45) is 0 Å². The lowest BCUT2D eigenvalue weighted by Gasteiger charge is -2.14. The van der Waals surface area contributed by atoms with E-state index in [-0.39, 0.29) is 5.91 Å². The Balaban J connectivity index is 1.80. The molecule has 0 saturated heterocycles. The standard InChI is InChI=1S/C21H26BrNO2/c1-4-16-11-12-20(18(22)14-16)25-13-7-10-21(24)23-19-9-6-5-8-17(19)15(2)3/h5-6,8-9,11-12,14-15H,4,7,10,13H2,1-3H3,(H,23,24). The molecule has 0 spiro atoms. The molecule has 0 fully saturated rings. The van der Waals surface area contributed by atoms with Crippen molar-refractivity contribution in [3.8, 4) is 5.75 Å². The minimum atomic E-state index is 0.0251. The molecule has 0 heterocycles. The van der Waals surface area contributed by atoms with Crippen LogP contribution in [0.4, 0.5) is 5.69 Å². The molecule has 2 rings (SSSR count). The van der Waals surface area contributed by atoms with E-state index >= 15 is 0 Å². The number of hydrogen-bond acceptors (Lipinski definition) is 2. The second kappa shape index (κ2) is 9.62.